The minimum absolute atomic E-state index is 0.126. The number of carbonyl (C=O) groups excluding carboxylic acids is 1. The maximum Gasteiger partial charge on any atom is 0.259 e. The van der Waals surface area contributed by atoms with Gasteiger partial charge < -0.3 is 15.2 Å². The normalized spacial score (nSPS) is 10.0. The smallest absolute Gasteiger partial charge is 0.259 e. The van der Waals surface area contributed by atoms with Crippen LogP contribution in [0.25, 0.3) is 0 Å². The number of amides is 1. The van der Waals surface area contributed by atoms with Gasteiger partial charge in [0.25, 0.3) is 5.91 Å². The van der Waals surface area contributed by atoms with Crippen LogP contribution in [0.15, 0.2) is 36.7 Å². The van der Waals surface area contributed by atoms with Crippen molar-refractivity contribution in [1.29, 1.82) is 0 Å². The standard InChI is InChI=1S/C13H11ClN2O3/c1-19-8-2-3-9(12(17)6-8)13(18)16-11-7-15-5-4-10(11)14/h2-7,17H,1H3,(H,16,18). The zero-order chi connectivity index (χ0) is 13.8. The topological polar surface area (TPSA) is 71.5 Å². The minimum Gasteiger partial charge on any atom is -0.507 e. The Morgan fingerprint density at radius 1 is 1.42 bits per heavy atom. The number of aromatic hydroxyl groups is 1. The number of rotatable bonds is 3. The summed E-state index contributed by atoms with van der Waals surface area (Å²) in [6.45, 7) is 0. The molecule has 0 atom stereocenters. The predicted molar refractivity (Wildman–Crippen MR) is 71.9 cm³/mol. The Kier molecular flexibility index (Phi) is 3.87. The SMILES string of the molecule is COc1ccc(C(=O)Nc2cnccc2Cl)c(O)c1. The molecule has 0 radical (unpaired) electrons. The molecule has 19 heavy (non-hydrogen) atoms. The van der Waals surface area contributed by atoms with E-state index in [0.717, 1.165) is 0 Å². The first-order valence-corrected chi connectivity index (χ1v) is 5.77. The van der Waals surface area contributed by atoms with Gasteiger partial charge in [-0.15, -0.1) is 0 Å². The molecule has 0 saturated heterocycles. The molecule has 1 aromatic carbocycles. The highest BCUT2D eigenvalue weighted by molar-refractivity contribution is 6.33. The van der Waals surface area contributed by atoms with Crippen molar-refractivity contribution in [3.8, 4) is 11.5 Å². The summed E-state index contributed by atoms with van der Waals surface area (Å²) in [5, 5.41) is 12.7. The molecule has 1 aromatic heterocycles. The van der Waals surface area contributed by atoms with Crippen LogP contribution in [0.1, 0.15) is 10.4 Å². The molecule has 0 aliphatic heterocycles. The number of benzene rings is 1. The summed E-state index contributed by atoms with van der Waals surface area (Å²) in [5.74, 6) is -0.180. The number of halogens is 1. The lowest BCUT2D eigenvalue weighted by molar-refractivity contribution is 0.102. The lowest BCUT2D eigenvalue weighted by atomic mass is 10.1. The summed E-state index contributed by atoms with van der Waals surface area (Å²) in [7, 11) is 1.48. The average molecular weight is 279 g/mol. The van der Waals surface area contributed by atoms with Crippen LogP contribution in [-0.4, -0.2) is 23.1 Å². The fraction of sp³-hybridized carbons (Fsp3) is 0.0769. The summed E-state index contributed by atoms with van der Waals surface area (Å²) in [4.78, 5) is 15.8. The summed E-state index contributed by atoms with van der Waals surface area (Å²) in [6.07, 6.45) is 2.95. The second-order valence-corrected chi connectivity index (χ2v) is 4.10. The van der Waals surface area contributed by atoms with Crippen molar-refractivity contribution >= 4 is 23.2 Å². The number of hydrogen-bond acceptors (Lipinski definition) is 4. The van der Waals surface area contributed by atoms with Gasteiger partial charge in [0.2, 0.25) is 0 Å². The van der Waals surface area contributed by atoms with Gasteiger partial charge in [-0.25, -0.2) is 0 Å². The predicted octanol–water partition coefficient (Wildman–Crippen LogP) is 2.70. The van der Waals surface area contributed by atoms with Gasteiger partial charge in [0.1, 0.15) is 11.5 Å². The fourth-order valence-corrected chi connectivity index (χ4v) is 1.64. The highest BCUT2D eigenvalue weighted by Gasteiger charge is 2.13. The molecule has 1 heterocycles. The molecular weight excluding hydrogens is 268 g/mol. The summed E-state index contributed by atoms with van der Waals surface area (Å²) in [5.41, 5.74) is 0.505. The third-order valence-electron chi connectivity index (χ3n) is 2.47. The number of pyridine rings is 1. The van der Waals surface area contributed by atoms with E-state index < -0.39 is 5.91 Å². The Morgan fingerprint density at radius 3 is 2.84 bits per heavy atom. The highest BCUT2D eigenvalue weighted by Crippen LogP contribution is 2.25. The number of anilines is 1. The van der Waals surface area contributed by atoms with E-state index in [-0.39, 0.29) is 11.3 Å². The second kappa shape index (κ2) is 5.58. The third kappa shape index (κ3) is 2.95. The van der Waals surface area contributed by atoms with Crippen LogP contribution < -0.4 is 10.1 Å². The lowest BCUT2D eigenvalue weighted by Gasteiger charge is -2.08. The van der Waals surface area contributed by atoms with Crippen molar-refractivity contribution < 1.29 is 14.6 Å². The number of aromatic nitrogens is 1. The fourth-order valence-electron chi connectivity index (χ4n) is 1.49. The Hall–Kier alpha value is -2.27. The first-order valence-electron chi connectivity index (χ1n) is 5.39. The number of carbonyl (C=O) groups is 1. The van der Waals surface area contributed by atoms with Crippen LogP contribution >= 0.6 is 11.6 Å². The van der Waals surface area contributed by atoms with Gasteiger partial charge in [0.15, 0.2) is 0 Å². The Balaban J connectivity index is 2.23. The van der Waals surface area contributed by atoms with Gasteiger partial charge in [0, 0.05) is 12.3 Å². The molecule has 5 nitrogen and oxygen atoms in total. The summed E-state index contributed by atoms with van der Waals surface area (Å²) >= 11 is 5.91. The van der Waals surface area contributed by atoms with E-state index in [1.807, 2.05) is 0 Å². The minimum atomic E-state index is -0.477. The zero-order valence-electron chi connectivity index (χ0n) is 10.1. The molecule has 0 fully saturated rings. The maximum atomic E-state index is 12.0. The molecule has 2 N–H and O–H groups in total. The van der Waals surface area contributed by atoms with Gasteiger partial charge in [0.05, 0.1) is 29.6 Å². The molecule has 2 rings (SSSR count). The van der Waals surface area contributed by atoms with Crippen molar-refractivity contribution in [1.82, 2.24) is 4.98 Å². The molecular formula is C13H11ClN2O3. The molecule has 2 aromatic rings. The van der Waals surface area contributed by atoms with E-state index in [1.54, 1.807) is 12.1 Å². The molecule has 0 bridgehead atoms. The van der Waals surface area contributed by atoms with Gasteiger partial charge in [-0.05, 0) is 18.2 Å². The van der Waals surface area contributed by atoms with Crippen LogP contribution in [0.3, 0.4) is 0 Å². The first-order chi connectivity index (χ1) is 9.11. The lowest BCUT2D eigenvalue weighted by Crippen LogP contribution is -2.12. The van der Waals surface area contributed by atoms with E-state index >= 15 is 0 Å². The van der Waals surface area contributed by atoms with E-state index in [4.69, 9.17) is 16.3 Å². The van der Waals surface area contributed by atoms with Gasteiger partial charge in [-0.1, -0.05) is 11.6 Å². The van der Waals surface area contributed by atoms with Crippen molar-refractivity contribution in [2.45, 2.75) is 0 Å². The molecule has 6 heteroatoms. The monoisotopic (exact) mass is 278 g/mol. The summed E-state index contributed by atoms with van der Waals surface area (Å²) in [6, 6.07) is 5.97. The summed E-state index contributed by atoms with van der Waals surface area (Å²) < 4.78 is 4.94. The van der Waals surface area contributed by atoms with Gasteiger partial charge in [-0.3, -0.25) is 9.78 Å². The number of nitrogens with zero attached hydrogens (tertiary/aromatic N) is 1. The average Bonchev–Trinajstić information content (AvgIpc) is 2.41. The number of nitrogens with one attached hydrogen (secondary N) is 1. The molecule has 0 spiro atoms. The second-order valence-electron chi connectivity index (χ2n) is 3.69. The third-order valence-corrected chi connectivity index (χ3v) is 2.80. The van der Waals surface area contributed by atoms with Crippen molar-refractivity contribution in [3.63, 3.8) is 0 Å². The molecule has 0 saturated carbocycles. The van der Waals surface area contributed by atoms with Crippen LogP contribution in [0.2, 0.25) is 5.02 Å². The van der Waals surface area contributed by atoms with E-state index in [2.05, 4.69) is 10.3 Å². The molecule has 98 valence electrons. The maximum absolute atomic E-state index is 12.0. The molecule has 1 amide bonds. The molecule has 0 aliphatic carbocycles. The Bertz CT molecular complexity index is 617. The number of hydrogen-bond donors (Lipinski definition) is 2. The van der Waals surface area contributed by atoms with Gasteiger partial charge >= 0.3 is 0 Å². The number of methoxy groups -OCH3 is 1. The van der Waals surface area contributed by atoms with E-state index in [9.17, 15) is 9.90 Å². The number of phenols is 1. The van der Waals surface area contributed by atoms with Crippen molar-refractivity contribution in [2.75, 3.05) is 12.4 Å². The Morgan fingerprint density at radius 2 is 2.21 bits per heavy atom. The van der Waals surface area contributed by atoms with Crippen LogP contribution in [0, 0.1) is 0 Å². The number of ether oxygens (including phenoxy) is 1. The largest absolute Gasteiger partial charge is 0.507 e. The van der Waals surface area contributed by atoms with Crippen LogP contribution in [-0.2, 0) is 0 Å². The quantitative estimate of drug-likeness (QED) is 0.905. The van der Waals surface area contributed by atoms with Crippen LogP contribution in [0.4, 0.5) is 5.69 Å². The number of phenolic OH excluding ortho intramolecular Hbond substituents is 1. The molecule has 0 aliphatic rings. The Labute approximate surface area is 114 Å². The van der Waals surface area contributed by atoms with E-state index in [1.165, 1.54) is 31.6 Å². The highest BCUT2D eigenvalue weighted by atomic mass is 35.5. The zero-order valence-corrected chi connectivity index (χ0v) is 10.8. The van der Waals surface area contributed by atoms with Crippen molar-refractivity contribution in [3.05, 3.63) is 47.2 Å². The molecule has 0 unspecified atom stereocenters. The van der Waals surface area contributed by atoms with Crippen LogP contribution in [0.5, 0.6) is 11.5 Å². The van der Waals surface area contributed by atoms with Gasteiger partial charge in [-0.2, -0.15) is 0 Å². The van der Waals surface area contributed by atoms with E-state index in [0.29, 0.717) is 16.5 Å². The van der Waals surface area contributed by atoms with Crippen molar-refractivity contribution in [2.24, 2.45) is 0 Å². The first kappa shape index (κ1) is 13.2.